The van der Waals surface area contributed by atoms with E-state index >= 15 is 0 Å². The van der Waals surface area contributed by atoms with Crippen LogP contribution in [0.5, 0.6) is 0 Å². The number of carbonyl (C=O) groups excluding carboxylic acids is 2. The molecule has 0 saturated carbocycles. The van der Waals surface area contributed by atoms with Crippen molar-refractivity contribution in [2.75, 3.05) is 11.9 Å². The Morgan fingerprint density at radius 2 is 1.65 bits per heavy atom. The lowest BCUT2D eigenvalue weighted by molar-refractivity contribution is -0.144. The van der Waals surface area contributed by atoms with E-state index in [1.54, 1.807) is 24.3 Å². The van der Waals surface area contributed by atoms with Crippen LogP contribution in [0.1, 0.15) is 18.4 Å². The van der Waals surface area contributed by atoms with Crippen LogP contribution in [0.2, 0.25) is 5.02 Å². The molecule has 1 N–H and O–H groups in total. The number of hydrogen-bond acceptors (Lipinski definition) is 3. The summed E-state index contributed by atoms with van der Waals surface area (Å²) in [6, 6.07) is 16.7. The summed E-state index contributed by atoms with van der Waals surface area (Å²) < 4.78 is 5.13. The van der Waals surface area contributed by atoms with Gasteiger partial charge in [0.15, 0.2) is 0 Å². The second kappa shape index (κ2) is 8.96. The maximum atomic E-state index is 11.8. The Morgan fingerprint density at radius 3 is 2.39 bits per heavy atom. The summed E-state index contributed by atoms with van der Waals surface area (Å²) in [5.74, 6) is -0.645. The van der Waals surface area contributed by atoms with Gasteiger partial charge < -0.3 is 10.1 Å². The predicted octanol–water partition coefficient (Wildman–Crippen LogP) is 3.84. The lowest BCUT2D eigenvalue weighted by Gasteiger charge is -2.07. The van der Waals surface area contributed by atoms with E-state index in [0.717, 1.165) is 5.56 Å². The van der Waals surface area contributed by atoms with Gasteiger partial charge >= 0.3 is 5.97 Å². The number of hydrogen-bond donors (Lipinski definition) is 1. The third kappa shape index (κ3) is 6.12. The Bertz CT molecular complexity index is 658. The fraction of sp³-hybridized carbons (Fsp3) is 0.222. The van der Waals surface area contributed by atoms with E-state index in [1.807, 2.05) is 30.3 Å². The summed E-state index contributed by atoms with van der Waals surface area (Å²) in [7, 11) is 0. The quantitative estimate of drug-likeness (QED) is 0.784. The molecule has 2 aromatic rings. The van der Waals surface area contributed by atoms with Crippen molar-refractivity contribution >= 4 is 29.2 Å². The van der Waals surface area contributed by atoms with Gasteiger partial charge in [-0.25, -0.2) is 0 Å². The zero-order valence-corrected chi connectivity index (χ0v) is 13.4. The van der Waals surface area contributed by atoms with E-state index in [1.165, 1.54) is 0 Å². The monoisotopic (exact) mass is 331 g/mol. The van der Waals surface area contributed by atoms with Gasteiger partial charge in [0.1, 0.15) is 0 Å². The van der Waals surface area contributed by atoms with Crippen LogP contribution in [0.4, 0.5) is 5.69 Å². The smallest absolute Gasteiger partial charge is 0.306 e. The number of benzene rings is 2. The van der Waals surface area contributed by atoms with E-state index < -0.39 is 0 Å². The lowest BCUT2D eigenvalue weighted by Crippen LogP contribution is -2.15. The number of anilines is 1. The fourth-order valence-corrected chi connectivity index (χ4v) is 2.17. The molecule has 0 fully saturated rings. The van der Waals surface area contributed by atoms with Crippen LogP contribution >= 0.6 is 11.6 Å². The van der Waals surface area contributed by atoms with Gasteiger partial charge in [-0.05, 0) is 17.7 Å². The number of halogens is 1. The molecule has 0 aliphatic carbocycles. The topological polar surface area (TPSA) is 55.4 Å². The van der Waals surface area contributed by atoms with Crippen molar-refractivity contribution in [1.29, 1.82) is 0 Å². The maximum Gasteiger partial charge on any atom is 0.306 e. The van der Waals surface area contributed by atoms with Crippen molar-refractivity contribution < 1.29 is 14.3 Å². The molecule has 0 saturated heterocycles. The Balaban J connectivity index is 1.66. The third-order valence-corrected chi connectivity index (χ3v) is 3.53. The third-order valence-electron chi connectivity index (χ3n) is 3.20. The largest absolute Gasteiger partial charge is 0.465 e. The Labute approximate surface area is 140 Å². The van der Waals surface area contributed by atoms with Crippen molar-refractivity contribution in [2.45, 2.75) is 19.3 Å². The molecule has 0 heterocycles. The van der Waals surface area contributed by atoms with Gasteiger partial charge in [-0.2, -0.15) is 0 Å². The number of carbonyl (C=O) groups is 2. The van der Waals surface area contributed by atoms with Crippen molar-refractivity contribution in [1.82, 2.24) is 0 Å². The van der Waals surface area contributed by atoms with E-state index in [2.05, 4.69) is 5.32 Å². The first-order valence-corrected chi connectivity index (χ1v) is 7.77. The Morgan fingerprint density at radius 1 is 0.957 bits per heavy atom. The van der Waals surface area contributed by atoms with Crippen molar-refractivity contribution in [3.63, 3.8) is 0 Å². The minimum Gasteiger partial charge on any atom is -0.465 e. The molecule has 2 aromatic carbocycles. The number of ether oxygens (including phenoxy) is 1. The predicted molar refractivity (Wildman–Crippen MR) is 90.4 cm³/mol. The summed E-state index contributed by atoms with van der Waals surface area (Å²) in [5.41, 5.74) is 1.65. The Kier molecular flexibility index (Phi) is 6.63. The molecule has 0 aromatic heterocycles. The van der Waals surface area contributed by atoms with Gasteiger partial charge in [-0.3, -0.25) is 9.59 Å². The van der Waals surface area contributed by atoms with Gasteiger partial charge in [0, 0.05) is 12.8 Å². The summed E-state index contributed by atoms with van der Waals surface area (Å²) in [4.78, 5) is 23.4. The molecule has 5 heteroatoms. The van der Waals surface area contributed by atoms with E-state index in [-0.39, 0.29) is 24.7 Å². The van der Waals surface area contributed by atoms with Gasteiger partial charge in [0.25, 0.3) is 0 Å². The number of rotatable bonds is 7. The molecule has 0 spiro atoms. The highest BCUT2D eigenvalue weighted by Gasteiger charge is 2.09. The maximum absolute atomic E-state index is 11.8. The zero-order valence-electron chi connectivity index (χ0n) is 12.6. The molecule has 0 bridgehead atoms. The minimum absolute atomic E-state index is 0.0467. The van der Waals surface area contributed by atoms with E-state index in [0.29, 0.717) is 23.7 Å². The zero-order chi connectivity index (χ0) is 16.5. The molecule has 2 rings (SSSR count). The molecule has 0 aliphatic rings. The van der Waals surface area contributed by atoms with Crippen LogP contribution in [0.3, 0.4) is 0 Å². The van der Waals surface area contributed by atoms with Gasteiger partial charge in [-0.1, -0.05) is 54.1 Å². The van der Waals surface area contributed by atoms with Crippen LogP contribution in [-0.2, 0) is 20.7 Å². The standard InChI is InChI=1S/C18H18ClNO3/c19-15-8-4-5-9-16(15)20-17(21)10-11-18(22)23-13-12-14-6-2-1-3-7-14/h1-9H,10-13H2,(H,20,21). The van der Waals surface area contributed by atoms with Crippen LogP contribution < -0.4 is 5.32 Å². The van der Waals surface area contributed by atoms with E-state index in [9.17, 15) is 9.59 Å². The molecule has 1 amide bonds. The minimum atomic E-state index is -0.379. The second-order valence-corrected chi connectivity index (χ2v) is 5.39. The molecule has 0 atom stereocenters. The summed E-state index contributed by atoms with van der Waals surface area (Å²) in [6.07, 6.45) is 0.777. The number of para-hydroxylation sites is 1. The molecule has 0 aliphatic heterocycles. The van der Waals surface area contributed by atoms with Crippen LogP contribution in [0.15, 0.2) is 54.6 Å². The second-order valence-electron chi connectivity index (χ2n) is 4.98. The molecular formula is C18H18ClNO3. The van der Waals surface area contributed by atoms with Crippen LogP contribution in [0, 0.1) is 0 Å². The van der Waals surface area contributed by atoms with Gasteiger partial charge in [-0.15, -0.1) is 0 Å². The van der Waals surface area contributed by atoms with Crippen LogP contribution in [-0.4, -0.2) is 18.5 Å². The number of nitrogens with one attached hydrogen (secondary N) is 1. The first kappa shape index (κ1) is 17.0. The van der Waals surface area contributed by atoms with E-state index in [4.69, 9.17) is 16.3 Å². The van der Waals surface area contributed by atoms with Gasteiger partial charge in [0.2, 0.25) is 5.91 Å². The first-order valence-electron chi connectivity index (χ1n) is 7.39. The molecule has 23 heavy (non-hydrogen) atoms. The Hall–Kier alpha value is -2.33. The number of esters is 1. The molecule has 4 nitrogen and oxygen atoms in total. The first-order chi connectivity index (χ1) is 11.1. The molecular weight excluding hydrogens is 314 g/mol. The highest BCUT2D eigenvalue weighted by Crippen LogP contribution is 2.20. The fourth-order valence-electron chi connectivity index (χ4n) is 1.99. The van der Waals surface area contributed by atoms with Gasteiger partial charge in [0.05, 0.1) is 23.7 Å². The lowest BCUT2D eigenvalue weighted by atomic mass is 10.2. The number of amides is 1. The van der Waals surface area contributed by atoms with Crippen LogP contribution in [0.25, 0.3) is 0 Å². The normalized spacial score (nSPS) is 10.1. The average molecular weight is 332 g/mol. The highest BCUT2D eigenvalue weighted by atomic mass is 35.5. The van der Waals surface area contributed by atoms with Crippen molar-refractivity contribution in [3.05, 3.63) is 65.2 Å². The summed E-state index contributed by atoms with van der Waals surface area (Å²) >= 11 is 5.95. The SMILES string of the molecule is O=C(CCC(=O)OCCc1ccccc1)Nc1ccccc1Cl. The molecule has 120 valence electrons. The summed E-state index contributed by atoms with van der Waals surface area (Å²) in [6.45, 7) is 0.314. The molecule has 0 radical (unpaired) electrons. The summed E-state index contributed by atoms with van der Waals surface area (Å²) in [5, 5.41) is 3.13. The van der Waals surface area contributed by atoms with Crippen molar-refractivity contribution in [2.24, 2.45) is 0 Å². The average Bonchev–Trinajstić information content (AvgIpc) is 2.56. The van der Waals surface area contributed by atoms with Crippen molar-refractivity contribution in [3.8, 4) is 0 Å². The highest BCUT2D eigenvalue weighted by molar-refractivity contribution is 6.33. The molecule has 0 unspecified atom stereocenters.